The van der Waals surface area contributed by atoms with Crippen LogP contribution in [0.25, 0.3) is 11.1 Å². The van der Waals surface area contributed by atoms with Crippen molar-refractivity contribution < 1.29 is 34.1 Å². The van der Waals surface area contributed by atoms with Crippen LogP contribution in [-0.2, 0) is 19.1 Å². The third-order valence-corrected chi connectivity index (χ3v) is 5.79. The molecule has 1 aliphatic carbocycles. The molecular formula is C23H24N2O7. The molecule has 9 heteroatoms. The van der Waals surface area contributed by atoms with Gasteiger partial charge in [0.25, 0.3) is 5.91 Å². The lowest BCUT2D eigenvalue weighted by molar-refractivity contribution is -0.145. The fourth-order valence-corrected chi connectivity index (χ4v) is 4.23. The molecule has 0 spiro atoms. The van der Waals surface area contributed by atoms with Crippen molar-refractivity contribution >= 4 is 18.0 Å². The normalized spacial score (nSPS) is 20.2. The molecule has 2 aromatic rings. The molecule has 0 saturated carbocycles. The number of alkyl carbamates (subject to hydrolysis) is 1. The average molecular weight is 440 g/mol. The minimum Gasteiger partial charge on any atom is -0.480 e. The third-order valence-electron chi connectivity index (χ3n) is 5.79. The maximum absolute atomic E-state index is 12.5. The zero-order valence-electron chi connectivity index (χ0n) is 17.2. The van der Waals surface area contributed by atoms with E-state index in [2.05, 4.69) is 10.6 Å². The molecule has 1 aliphatic heterocycles. The number of carbonyl (C=O) groups excluding carboxylic acids is 2. The number of hydrogen-bond donors (Lipinski definition) is 4. The number of carboxylic acid groups (broad SMARTS) is 1. The van der Waals surface area contributed by atoms with Gasteiger partial charge in [0.2, 0.25) is 0 Å². The summed E-state index contributed by atoms with van der Waals surface area (Å²) in [5.74, 6) is -2.17. The summed E-state index contributed by atoms with van der Waals surface area (Å²) in [7, 11) is 0. The molecule has 1 fully saturated rings. The van der Waals surface area contributed by atoms with Crippen molar-refractivity contribution in [1.29, 1.82) is 0 Å². The number of rotatable bonds is 7. The van der Waals surface area contributed by atoms with Crippen LogP contribution in [0.1, 0.15) is 23.5 Å². The molecule has 9 nitrogen and oxygen atoms in total. The number of carbonyl (C=O) groups is 3. The summed E-state index contributed by atoms with van der Waals surface area (Å²) in [5, 5.41) is 22.9. The molecule has 3 atom stereocenters. The van der Waals surface area contributed by atoms with Gasteiger partial charge in [-0.2, -0.15) is 0 Å². The second-order valence-corrected chi connectivity index (χ2v) is 7.74. The zero-order valence-corrected chi connectivity index (χ0v) is 17.2. The molecule has 2 aliphatic rings. The number of ether oxygens (including phenoxy) is 2. The Balaban J connectivity index is 1.37. The van der Waals surface area contributed by atoms with Crippen LogP contribution < -0.4 is 10.6 Å². The fraction of sp³-hybridized carbons (Fsp3) is 0.348. The average Bonchev–Trinajstić information content (AvgIpc) is 3.38. The second kappa shape index (κ2) is 9.37. The molecule has 0 bridgehead atoms. The molecule has 32 heavy (non-hydrogen) atoms. The number of carboxylic acids is 1. The van der Waals surface area contributed by atoms with Gasteiger partial charge in [0, 0.05) is 12.5 Å². The van der Waals surface area contributed by atoms with E-state index in [1.807, 2.05) is 48.5 Å². The van der Waals surface area contributed by atoms with E-state index < -0.39 is 42.8 Å². The van der Waals surface area contributed by atoms with Gasteiger partial charge >= 0.3 is 12.1 Å². The van der Waals surface area contributed by atoms with E-state index in [-0.39, 0.29) is 19.1 Å². The van der Waals surface area contributed by atoms with Crippen molar-refractivity contribution in [3.8, 4) is 11.1 Å². The highest BCUT2D eigenvalue weighted by atomic mass is 16.6. The second-order valence-electron chi connectivity index (χ2n) is 7.74. The number of aliphatic hydroxyl groups is 1. The van der Waals surface area contributed by atoms with E-state index in [0.29, 0.717) is 6.42 Å². The highest BCUT2D eigenvalue weighted by Crippen LogP contribution is 2.44. The molecule has 4 rings (SSSR count). The molecule has 0 unspecified atom stereocenters. The predicted molar refractivity (Wildman–Crippen MR) is 113 cm³/mol. The molecule has 1 saturated heterocycles. The maximum atomic E-state index is 12.5. The van der Waals surface area contributed by atoms with Crippen molar-refractivity contribution in [2.24, 2.45) is 0 Å². The monoisotopic (exact) mass is 440 g/mol. The molecular weight excluding hydrogens is 416 g/mol. The molecule has 0 radical (unpaired) electrons. The Labute approximate surface area is 184 Å². The van der Waals surface area contributed by atoms with Crippen LogP contribution in [0, 0.1) is 0 Å². The zero-order chi connectivity index (χ0) is 22.7. The van der Waals surface area contributed by atoms with Gasteiger partial charge in [0.1, 0.15) is 12.6 Å². The van der Waals surface area contributed by atoms with Crippen molar-refractivity contribution in [2.75, 3.05) is 19.8 Å². The summed E-state index contributed by atoms with van der Waals surface area (Å²) < 4.78 is 10.9. The number of aliphatic hydroxyl groups excluding tert-OH is 1. The highest BCUT2D eigenvalue weighted by Gasteiger charge is 2.37. The lowest BCUT2D eigenvalue weighted by Crippen LogP contribution is -2.53. The van der Waals surface area contributed by atoms with Crippen LogP contribution in [0.15, 0.2) is 48.5 Å². The first kappa shape index (κ1) is 21.8. The minimum atomic E-state index is -1.44. The Kier molecular flexibility index (Phi) is 6.38. The van der Waals surface area contributed by atoms with Gasteiger partial charge < -0.3 is 30.3 Å². The van der Waals surface area contributed by atoms with Crippen LogP contribution in [0.3, 0.4) is 0 Å². The van der Waals surface area contributed by atoms with Crippen molar-refractivity contribution in [3.63, 3.8) is 0 Å². The lowest BCUT2D eigenvalue weighted by atomic mass is 9.98. The number of aliphatic carboxylic acids is 1. The molecule has 0 aromatic heterocycles. The van der Waals surface area contributed by atoms with E-state index in [9.17, 15) is 14.4 Å². The first-order chi connectivity index (χ1) is 15.5. The third kappa shape index (κ3) is 4.30. The molecule has 2 aromatic carbocycles. The van der Waals surface area contributed by atoms with Gasteiger partial charge in [0.05, 0.1) is 12.6 Å². The summed E-state index contributed by atoms with van der Waals surface area (Å²) in [6.45, 7) is -0.391. The van der Waals surface area contributed by atoms with Crippen molar-refractivity contribution in [1.82, 2.24) is 10.6 Å². The van der Waals surface area contributed by atoms with Gasteiger partial charge in [-0.3, -0.25) is 4.79 Å². The molecule has 168 valence electrons. The van der Waals surface area contributed by atoms with E-state index in [1.165, 1.54) is 0 Å². The largest absolute Gasteiger partial charge is 0.480 e. The first-order valence-electron chi connectivity index (χ1n) is 10.4. The van der Waals surface area contributed by atoms with Crippen LogP contribution in [0.4, 0.5) is 4.79 Å². The Morgan fingerprint density at radius 2 is 1.69 bits per heavy atom. The van der Waals surface area contributed by atoms with E-state index >= 15 is 0 Å². The van der Waals surface area contributed by atoms with E-state index in [1.54, 1.807) is 0 Å². The van der Waals surface area contributed by atoms with Crippen LogP contribution in [0.2, 0.25) is 0 Å². The summed E-state index contributed by atoms with van der Waals surface area (Å²) in [5.41, 5.74) is 4.42. The minimum absolute atomic E-state index is 0.0899. The Morgan fingerprint density at radius 1 is 1.06 bits per heavy atom. The Hall–Kier alpha value is -3.43. The molecule has 2 amide bonds. The number of nitrogens with one attached hydrogen (secondary N) is 2. The van der Waals surface area contributed by atoms with Crippen molar-refractivity contribution in [2.45, 2.75) is 30.5 Å². The van der Waals surface area contributed by atoms with Crippen molar-refractivity contribution in [3.05, 3.63) is 59.7 Å². The van der Waals surface area contributed by atoms with E-state index in [0.717, 1.165) is 22.3 Å². The summed E-state index contributed by atoms with van der Waals surface area (Å²) >= 11 is 0. The quantitative estimate of drug-likeness (QED) is 0.509. The fourth-order valence-electron chi connectivity index (χ4n) is 4.23. The van der Waals surface area contributed by atoms with E-state index in [4.69, 9.17) is 19.7 Å². The van der Waals surface area contributed by atoms with Crippen LogP contribution in [0.5, 0.6) is 0 Å². The number of hydrogen-bond acceptors (Lipinski definition) is 6. The SMILES string of the molecule is O=C(N[C@H]1CCO[C@H]1C(=O)N[C@H](CO)C(=O)O)OCC1c2ccccc2-c2ccccc21. The maximum Gasteiger partial charge on any atom is 0.407 e. The summed E-state index contributed by atoms with van der Waals surface area (Å²) in [6.07, 6.45) is -1.37. The number of fused-ring (bicyclic) bond motifs is 3. The number of benzene rings is 2. The standard InChI is InChI=1S/C23H24N2O7/c26-11-19(22(28)29)24-21(27)20-18(9-10-31-20)25-23(30)32-12-17-15-7-3-1-5-13(15)14-6-2-4-8-16(14)17/h1-8,17-20,26H,9-12H2,(H,24,27)(H,25,30)(H,28,29)/t18-,19+,20+/m0/s1. The van der Waals surface area contributed by atoms with Gasteiger partial charge in [-0.25, -0.2) is 9.59 Å². The highest BCUT2D eigenvalue weighted by molar-refractivity contribution is 5.87. The topological polar surface area (TPSA) is 134 Å². The number of amides is 2. The Bertz CT molecular complexity index is 979. The summed E-state index contributed by atoms with van der Waals surface area (Å²) in [6, 6.07) is 13.9. The van der Waals surface area contributed by atoms with Gasteiger partial charge in [-0.05, 0) is 28.7 Å². The lowest BCUT2D eigenvalue weighted by Gasteiger charge is -2.21. The van der Waals surface area contributed by atoms with Gasteiger partial charge in [-0.1, -0.05) is 48.5 Å². The smallest absolute Gasteiger partial charge is 0.407 e. The molecule has 4 N–H and O–H groups in total. The van der Waals surface area contributed by atoms with Gasteiger partial charge in [-0.15, -0.1) is 0 Å². The van der Waals surface area contributed by atoms with Crippen LogP contribution >= 0.6 is 0 Å². The predicted octanol–water partition coefficient (Wildman–Crippen LogP) is 1.24. The van der Waals surface area contributed by atoms with Crippen LogP contribution in [-0.4, -0.2) is 66.2 Å². The molecule has 1 heterocycles. The first-order valence-corrected chi connectivity index (χ1v) is 10.4. The Morgan fingerprint density at radius 3 is 2.28 bits per heavy atom. The van der Waals surface area contributed by atoms with Gasteiger partial charge in [0.15, 0.2) is 6.10 Å². The summed E-state index contributed by atoms with van der Waals surface area (Å²) in [4.78, 5) is 35.9.